The molecule has 3 rings (SSSR count). The first-order valence-electron chi connectivity index (χ1n) is 9.55. The minimum atomic E-state index is -3.81. The Balaban J connectivity index is 2.11. The van der Waals surface area contributed by atoms with Gasteiger partial charge in [0.05, 0.1) is 28.9 Å². The van der Waals surface area contributed by atoms with Crippen LogP contribution in [0.1, 0.15) is 29.7 Å². The summed E-state index contributed by atoms with van der Waals surface area (Å²) in [6.45, 7) is 5.50. The molecular weight excluding hydrogens is 404 g/mol. The van der Waals surface area contributed by atoms with Gasteiger partial charge < -0.3 is 15.4 Å². The van der Waals surface area contributed by atoms with E-state index in [1.165, 1.54) is 12.1 Å². The topological polar surface area (TPSA) is 102 Å². The Morgan fingerprint density at radius 1 is 1.07 bits per heavy atom. The summed E-state index contributed by atoms with van der Waals surface area (Å²) < 4.78 is 31.2. The van der Waals surface area contributed by atoms with Gasteiger partial charge in [0.15, 0.2) is 9.84 Å². The van der Waals surface area contributed by atoms with Crippen molar-refractivity contribution in [2.45, 2.75) is 31.7 Å². The van der Waals surface area contributed by atoms with Gasteiger partial charge in [-0.2, -0.15) is 0 Å². The molecule has 0 saturated heterocycles. The van der Waals surface area contributed by atoms with E-state index in [9.17, 15) is 18.0 Å². The monoisotopic (exact) mass is 428 g/mol. The molecule has 1 heterocycles. The number of amides is 2. The number of aryl methyl sites for hydroxylation is 2. The highest BCUT2D eigenvalue weighted by Gasteiger charge is 2.36. The molecule has 0 radical (unpaired) electrons. The van der Waals surface area contributed by atoms with Crippen LogP contribution in [0, 0.1) is 13.8 Å². The lowest BCUT2D eigenvalue weighted by atomic mass is 9.92. The molecule has 158 valence electrons. The Hall–Kier alpha value is -3.13. The van der Waals surface area contributed by atoms with Crippen LogP contribution in [0.15, 0.2) is 64.7 Å². The van der Waals surface area contributed by atoms with Crippen LogP contribution in [-0.4, -0.2) is 32.8 Å². The van der Waals surface area contributed by atoms with E-state index in [1.807, 2.05) is 26.0 Å². The minimum Gasteiger partial charge on any atom is -0.463 e. The second-order valence-electron chi connectivity index (χ2n) is 7.07. The smallest absolute Gasteiger partial charge is 0.338 e. The predicted octanol–water partition coefficient (Wildman–Crippen LogP) is 2.95. The molecule has 2 aromatic carbocycles. The van der Waals surface area contributed by atoms with Crippen LogP contribution in [0.3, 0.4) is 0 Å². The van der Waals surface area contributed by atoms with Crippen molar-refractivity contribution >= 4 is 21.8 Å². The Kier molecular flexibility index (Phi) is 6.26. The number of nitrogens with one attached hydrogen (secondary N) is 2. The molecule has 0 fully saturated rings. The number of sulfone groups is 1. The van der Waals surface area contributed by atoms with Gasteiger partial charge in [-0.15, -0.1) is 0 Å². The van der Waals surface area contributed by atoms with Gasteiger partial charge >= 0.3 is 12.0 Å². The molecule has 0 spiro atoms. The molecule has 0 aromatic heterocycles. The van der Waals surface area contributed by atoms with Crippen molar-refractivity contribution in [3.63, 3.8) is 0 Å². The number of carbonyl (C=O) groups is 2. The minimum absolute atomic E-state index is 0.0195. The number of esters is 1. The molecule has 1 atom stereocenters. The van der Waals surface area contributed by atoms with Gasteiger partial charge in [0.2, 0.25) is 0 Å². The second kappa shape index (κ2) is 8.71. The van der Waals surface area contributed by atoms with E-state index in [4.69, 9.17) is 4.74 Å². The van der Waals surface area contributed by atoms with Crippen LogP contribution in [-0.2, 0) is 19.4 Å². The fourth-order valence-electron chi connectivity index (χ4n) is 3.34. The maximum absolute atomic E-state index is 13.0. The molecule has 2 amide bonds. The van der Waals surface area contributed by atoms with E-state index in [0.717, 1.165) is 11.1 Å². The molecule has 1 aliphatic heterocycles. The van der Waals surface area contributed by atoms with Gasteiger partial charge in [-0.25, -0.2) is 18.0 Å². The van der Waals surface area contributed by atoms with Crippen molar-refractivity contribution in [2.75, 3.05) is 12.4 Å². The maximum Gasteiger partial charge on any atom is 0.338 e. The van der Waals surface area contributed by atoms with Gasteiger partial charge in [-0.1, -0.05) is 42.0 Å². The molecular formula is C22H24N2O5S. The van der Waals surface area contributed by atoms with Crippen LogP contribution in [0.25, 0.3) is 0 Å². The van der Waals surface area contributed by atoms with E-state index in [1.54, 1.807) is 31.2 Å². The van der Waals surface area contributed by atoms with Gasteiger partial charge in [0.1, 0.15) is 0 Å². The zero-order valence-electron chi connectivity index (χ0n) is 17.1. The average molecular weight is 429 g/mol. The number of ether oxygens (including phenoxy) is 1. The first kappa shape index (κ1) is 21.6. The van der Waals surface area contributed by atoms with Crippen molar-refractivity contribution < 1.29 is 22.7 Å². The van der Waals surface area contributed by atoms with Gasteiger partial charge in [-0.3, -0.25) is 0 Å². The van der Waals surface area contributed by atoms with Crippen LogP contribution in [0.4, 0.5) is 4.79 Å². The van der Waals surface area contributed by atoms with Crippen molar-refractivity contribution in [3.05, 3.63) is 76.5 Å². The fourth-order valence-corrected chi connectivity index (χ4v) is 4.67. The molecule has 2 N–H and O–H groups in total. The van der Waals surface area contributed by atoms with E-state index in [2.05, 4.69) is 10.6 Å². The highest BCUT2D eigenvalue weighted by atomic mass is 32.2. The molecule has 0 unspecified atom stereocenters. The number of benzene rings is 2. The van der Waals surface area contributed by atoms with Crippen molar-refractivity contribution in [2.24, 2.45) is 0 Å². The average Bonchev–Trinajstić information content (AvgIpc) is 2.68. The third-order valence-electron chi connectivity index (χ3n) is 4.86. The first-order chi connectivity index (χ1) is 14.2. The zero-order chi connectivity index (χ0) is 21.9. The Labute approximate surface area is 176 Å². The van der Waals surface area contributed by atoms with Gasteiger partial charge in [-0.05, 0) is 44.0 Å². The lowest BCUT2D eigenvalue weighted by Gasteiger charge is -2.30. The SMILES string of the molecule is CCOC(=O)C1=C(CS(=O)(=O)c2ccc(C)cc2)NC(=O)N[C@H]1c1ccccc1C. The number of rotatable bonds is 6. The van der Waals surface area contributed by atoms with Crippen LogP contribution in [0.2, 0.25) is 0 Å². The lowest BCUT2D eigenvalue weighted by molar-refractivity contribution is -0.139. The summed E-state index contributed by atoms with van der Waals surface area (Å²) in [5.74, 6) is -1.20. The number of hydrogen-bond donors (Lipinski definition) is 2. The van der Waals surface area contributed by atoms with Crippen molar-refractivity contribution in [1.82, 2.24) is 10.6 Å². The molecule has 0 saturated carbocycles. The summed E-state index contributed by atoms with van der Waals surface area (Å²) >= 11 is 0. The molecule has 2 aromatic rings. The van der Waals surface area contributed by atoms with Gasteiger partial charge in [0.25, 0.3) is 0 Å². The summed E-state index contributed by atoms with van der Waals surface area (Å²) in [5, 5.41) is 5.23. The Morgan fingerprint density at radius 3 is 2.37 bits per heavy atom. The van der Waals surface area contributed by atoms with E-state index < -0.39 is 33.6 Å². The lowest BCUT2D eigenvalue weighted by Crippen LogP contribution is -2.47. The van der Waals surface area contributed by atoms with Crippen molar-refractivity contribution in [1.29, 1.82) is 0 Å². The highest BCUT2D eigenvalue weighted by molar-refractivity contribution is 7.91. The predicted molar refractivity (Wildman–Crippen MR) is 112 cm³/mol. The normalized spacial score (nSPS) is 16.6. The first-order valence-corrected chi connectivity index (χ1v) is 11.2. The quantitative estimate of drug-likeness (QED) is 0.689. The molecule has 30 heavy (non-hydrogen) atoms. The van der Waals surface area contributed by atoms with Crippen LogP contribution < -0.4 is 10.6 Å². The van der Waals surface area contributed by atoms with Crippen LogP contribution in [0.5, 0.6) is 0 Å². The summed E-state index contributed by atoms with van der Waals surface area (Å²) in [7, 11) is -3.81. The Morgan fingerprint density at radius 2 is 1.73 bits per heavy atom. The van der Waals surface area contributed by atoms with E-state index >= 15 is 0 Å². The van der Waals surface area contributed by atoms with Gasteiger partial charge in [0, 0.05) is 5.70 Å². The third-order valence-corrected chi connectivity index (χ3v) is 6.52. The molecule has 7 nitrogen and oxygen atoms in total. The largest absolute Gasteiger partial charge is 0.463 e. The summed E-state index contributed by atoms with van der Waals surface area (Å²) in [6.07, 6.45) is 0. The molecule has 8 heteroatoms. The highest BCUT2D eigenvalue weighted by Crippen LogP contribution is 2.31. The van der Waals surface area contributed by atoms with E-state index in [0.29, 0.717) is 5.56 Å². The number of carbonyl (C=O) groups excluding carboxylic acids is 2. The fraction of sp³-hybridized carbons (Fsp3) is 0.273. The summed E-state index contributed by atoms with van der Waals surface area (Å²) in [4.78, 5) is 25.3. The maximum atomic E-state index is 13.0. The van der Waals surface area contributed by atoms with Crippen LogP contribution >= 0.6 is 0 Å². The zero-order valence-corrected chi connectivity index (χ0v) is 17.9. The molecule has 1 aliphatic rings. The standard InChI is InChI=1S/C22H24N2O5S/c1-4-29-21(25)19-18(13-30(27,28)16-11-9-14(2)10-12-16)23-22(26)24-20(19)17-8-6-5-7-15(17)3/h5-12,20H,4,13H2,1-3H3,(H2,23,24,26)/t20-/m0/s1. The molecule has 0 aliphatic carbocycles. The Bertz CT molecular complexity index is 1100. The number of urea groups is 1. The molecule has 0 bridgehead atoms. The van der Waals surface area contributed by atoms with E-state index in [-0.39, 0.29) is 22.8 Å². The summed E-state index contributed by atoms with van der Waals surface area (Å²) in [6, 6.07) is 12.3. The second-order valence-corrected chi connectivity index (χ2v) is 9.06. The van der Waals surface area contributed by atoms with Crippen molar-refractivity contribution in [3.8, 4) is 0 Å². The summed E-state index contributed by atoms with van der Waals surface area (Å²) in [5.41, 5.74) is 2.58. The number of hydrogen-bond acceptors (Lipinski definition) is 5. The third kappa shape index (κ3) is 4.54.